The number of hydrogen-bond donors (Lipinski definition) is 1. The zero-order valence-corrected chi connectivity index (χ0v) is 11.5. The minimum atomic E-state index is 0.227. The number of morpholine rings is 1. The summed E-state index contributed by atoms with van der Waals surface area (Å²) in [5.41, 5.74) is 0. The lowest BCUT2D eigenvalue weighted by Gasteiger charge is -2.36. The predicted molar refractivity (Wildman–Crippen MR) is 70.4 cm³/mol. The third-order valence-corrected chi connectivity index (χ3v) is 3.72. The Morgan fingerprint density at radius 2 is 1.88 bits per heavy atom. The van der Waals surface area contributed by atoms with Gasteiger partial charge in [-0.25, -0.2) is 0 Å². The van der Waals surface area contributed by atoms with Gasteiger partial charge in [-0.2, -0.15) is 12.6 Å². The molecule has 0 N–H and O–H groups in total. The van der Waals surface area contributed by atoms with Crippen molar-refractivity contribution in [3.8, 4) is 0 Å². The smallest absolute Gasteiger partial charge is 0.223 e. The first-order valence-electron chi connectivity index (χ1n) is 6.38. The Kier molecular flexibility index (Phi) is 4.33. The van der Waals surface area contributed by atoms with Crippen molar-refractivity contribution in [1.82, 2.24) is 9.80 Å². The van der Waals surface area contributed by atoms with Gasteiger partial charge in [-0.15, -0.1) is 0 Å². The highest BCUT2D eigenvalue weighted by atomic mass is 32.1. The Hall–Kier alpha value is -0.260. The maximum atomic E-state index is 11.6. The minimum Gasteiger partial charge on any atom is -0.373 e. The molecule has 0 bridgehead atoms. The number of amides is 1. The summed E-state index contributed by atoms with van der Waals surface area (Å²) in [5, 5.41) is 0.227. The summed E-state index contributed by atoms with van der Waals surface area (Å²) >= 11 is 4.36. The highest BCUT2D eigenvalue weighted by Crippen LogP contribution is 2.16. The summed E-state index contributed by atoms with van der Waals surface area (Å²) in [4.78, 5) is 15.9. The molecular formula is C12H22N2O2S. The standard InChI is InChI=1S/C12H22N2O2S/c1-9-6-13(7-10(2)16-9)3-4-14-8-11(17)5-12(14)15/h9-11,17H,3-8H2,1-2H3/t9-,10+,11?. The Bertz CT molecular complexity index is 278. The van der Waals surface area contributed by atoms with Crippen molar-refractivity contribution in [1.29, 1.82) is 0 Å². The predicted octanol–water partition coefficient (Wildman–Crippen LogP) is 0.626. The molecule has 0 spiro atoms. The summed E-state index contributed by atoms with van der Waals surface area (Å²) < 4.78 is 5.69. The number of ether oxygens (including phenoxy) is 1. The van der Waals surface area contributed by atoms with Gasteiger partial charge < -0.3 is 9.64 Å². The molecule has 0 aliphatic carbocycles. The van der Waals surface area contributed by atoms with Gasteiger partial charge in [-0.05, 0) is 13.8 Å². The van der Waals surface area contributed by atoms with Crippen molar-refractivity contribution in [3.05, 3.63) is 0 Å². The monoisotopic (exact) mass is 258 g/mol. The molecule has 2 heterocycles. The fourth-order valence-electron chi connectivity index (χ4n) is 2.70. The summed E-state index contributed by atoms with van der Waals surface area (Å²) in [6, 6.07) is 0. The molecule has 0 aromatic rings. The van der Waals surface area contributed by atoms with Crippen LogP contribution in [-0.4, -0.2) is 65.9 Å². The van der Waals surface area contributed by atoms with Crippen LogP contribution in [0.15, 0.2) is 0 Å². The third-order valence-electron chi connectivity index (χ3n) is 3.38. The molecule has 2 rings (SSSR count). The largest absolute Gasteiger partial charge is 0.373 e. The maximum absolute atomic E-state index is 11.6. The van der Waals surface area contributed by atoms with Gasteiger partial charge in [0, 0.05) is 44.4 Å². The van der Waals surface area contributed by atoms with Crippen molar-refractivity contribution in [2.75, 3.05) is 32.7 Å². The zero-order valence-electron chi connectivity index (χ0n) is 10.6. The van der Waals surface area contributed by atoms with Crippen LogP contribution in [0.5, 0.6) is 0 Å². The van der Waals surface area contributed by atoms with Crippen LogP contribution in [0.1, 0.15) is 20.3 Å². The quantitative estimate of drug-likeness (QED) is 0.754. The second-order valence-corrected chi connectivity index (χ2v) is 5.94. The van der Waals surface area contributed by atoms with Crippen LogP contribution < -0.4 is 0 Å². The van der Waals surface area contributed by atoms with Crippen molar-refractivity contribution in [2.45, 2.75) is 37.7 Å². The molecule has 0 radical (unpaired) electrons. The molecule has 2 fully saturated rings. The summed E-state index contributed by atoms with van der Waals surface area (Å²) in [5.74, 6) is 0.249. The van der Waals surface area contributed by atoms with E-state index in [9.17, 15) is 4.79 Å². The van der Waals surface area contributed by atoms with E-state index in [0.29, 0.717) is 18.6 Å². The number of thiol groups is 1. The van der Waals surface area contributed by atoms with Crippen LogP contribution in [0, 0.1) is 0 Å². The van der Waals surface area contributed by atoms with E-state index in [2.05, 4.69) is 31.4 Å². The Morgan fingerprint density at radius 3 is 2.41 bits per heavy atom. The average molecular weight is 258 g/mol. The molecule has 2 saturated heterocycles. The molecule has 17 heavy (non-hydrogen) atoms. The number of rotatable bonds is 3. The normalized spacial score (nSPS) is 35.6. The van der Waals surface area contributed by atoms with Crippen molar-refractivity contribution >= 4 is 18.5 Å². The van der Waals surface area contributed by atoms with E-state index in [1.54, 1.807) is 0 Å². The number of hydrogen-bond acceptors (Lipinski definition) is 4. The fourth-order valence-corrected chi connectivity index (χ4v) is 3.05. The third kappa shape index (κ3) is 3.60. The van der Waals surface area contributed by atoms with Crippen molar-refractivity contribution in [2.24, 2.45) is 0 Å². The molecule has 98 valence electrons. The number of carbonyl (C=O) groups excluding carboxylic acids is 1. The molecule has 0 saturated carbocycles. The van der Waals surface area contributed by atoms with E-state index in [1.165, 1.54) is 0 Å². The summed E-state index contributed by atoms with van der Waals surface area (Å²) in [7, 11) is 0. The Balaban J connectivity index is 1.76. The summed E-state index contributed by atoms with van der Waals surface area (Å²) in [6.07, 6.45) is 1.19. The molecule has 2 aliphatic rings. The number of carbonyl (C=O) groups is 1. The molecule has 5 heteroatoms. The van der Waals surface area contributed by atoms with Crippen LogP contribution in [-0.2, 0) is 9.53 Å². The molecule has 0 aromatic heterocycles. The highest BCUT2D eigenvalue weighted by molar-refractivity contribution is 7.81. The first kappa shape index (κ1) is 13.2. The first-order chi connectivity index (χ1) is 8.04. The van der Waals surface area contributed by atoms with E-state index < -0.39 is 0 Å². The highest BCUT2D eigenvalue weighted by Gasteiger charge is 2.28. The van der Waals surface area contributed by atoms with Crippen molar-refractivity contribution in [3.63, 3.8) is 0 Å². The summed E-state index contributed by atoms with van der Waals surface area (Å²) in [6.45, 7) is 8.73. The van der Waals surface area contributed by atoms with Gasteiger partial charge >= 0.3 is 0 Å². The lowest BCUT2D eigenvalue weighted by molar-refractivity contribution is -0.128. The van der Waals surface area contributed by atoms with Gasteiger partial charge in [0.25, 0.3) is 0 Å². The molecule has 1 unspecified atom stereocenters. The van der Waals surface area contributed by atoms with Crippen LogP contribution in [0.2, 0.25) is 0 Å². The van der Waals surface area contributed by atoms with Gasteiger partial charge in [-0.1, -0.05) is 0 Å². The minimum absolute atomic E-state index is 0.227. The van der Waals surface area contributed by atoms with Gasteiger partial charge in [0.2, 0.25) is 5.91 Å². The zero-order chi connectivity index (χ0) is 12.4. The Labute approximate surface area is 109 Å². The van der Waals surface area contributed by atoms with E-state index in [-0.39, 0.29) is 11.2 Å². The van der Waals surface area contributed by atoms with Gasteiger partial charge in [-0.3, -0.25) is 9.69 Å². The topological polar surface area (TPSA) is 32.8 Å². The van der Waals surface area contributed by atoms with Crippen LogP contribution in [0.3, 0.4) is 0 Å². The SMILES string of the molecule is C[C@@H]1CN(CCN2CC(S)CC2=O)C[C@H](C)O1. The lowest BCUT2D eigenvalue weighted by atomic mass is 10.2. The second-order valence-electron chi connectivity index (χ2n) is 5.21. The van der Waals surface area contributed by atoms with Crippen LogP contribution in [0.25, 0.3) is 0 Å². The maximum Gasteiger partial charge on any atom is 0.223 e. The molecular weight excluding hydrogens is 236 g/mol. The van der Waals surface area contributed by atoms with E-state index in [1.807, 2.05) is 4.90 Å². The van der Waals surface area contributed by atoms with E-state index >= 15 is 0 Å². The molecule has 1 amide bonds. The van der Waals surface area contributed by atoms with Crippen LogP contribution in [0.4, 0.5) is 0 Å². The van der Waals surface area contributed by atoms with Crippen molar-refractivity contribution < 1.29 is 9.53 Å². The molecule has 2 aliphatic heterocycles. The molecule has 4 nitrogen and oxygen atoms in total. The Morgan fingerprint density at radius 1 is 1.24 bits per heavy atom. The van der Waals surface area contributed by atoms with E-state index in [4.69, 9.17) is 4.74 Å². The molecule has 0 aromatic carbocycles. The molecule has 3 atom stereocenters. The number of likely N-dealkylation sites (tertiary alicyclic amines) is 1. The fraction of sp³-hybridized carbons (Fsp3) is 0.917. The van der Waals surface area contributed by atoms with Gasteiger partial charge in [0.15, 0.2) is 0 Å². The van der Waals surface area contributed by atoms with Gasteiger partial charge in [0.1, 0.15) is 0 Å². The number of nitrogens with zero attached hydrogens (tertiary/aromatic N) is 2. The first-order valence-corrected chi connectivity index (χ1v) is 6.90. The second kappa shape index (κ2) is 5.59. The van der Waals surface area contributed by atoms with Crippen LogP contribution >= 0.6 is 12.6 Å². The van der Waals surface area contributed by atoms with Gasteiger partial charge in [0.05, 0.1) is 12.2 Å². The lowest BCUT2D eigenvalue weighted by Crippen LogP contribution is -2.48. The van der Waals surface area contributed by atoms with E-state index in [0.717, 1.165) is 32.7 Å². The average Bonchev–Trinajstić information content (AvgIpc) is 2.53.